The molecule has 1 rings (SSSR count). The summed E-state index contributed by atoms with van der Waals surface area (Å²) in [5, 5.41) is 0. The lowest BCUT2D eigenvalue weighted by Crippen LogP contribution is -1.91. The SMILES string of the molecule is CC(=O)C(C)=C1SCCS1. The van der Waals surface area contributed by atoms with E-state index in [0.717, 1.165) is 17.1 Å². The smallest absolute Gasteiger partial charge is 0.157 e. The van der Waals surface area contributed by atoms with Crippen molar-refractivity contribution in [1.82, 2.24) is 0 Å². The van der Waals surface area contributed by atoms with Gasteiger partial charge in [-0.2, -0.15) is 0 Å². The van der Waals surface area contributed by atoms with Crippen LogP contribution >= 0.6 is 23.5 Å². The monoisotopic (exact) mass is 174 g/mol. The van der Waals surface area contributed by atoms with E-state index >= 15 is 0 Å². The van der Waals surface area contributed by atoms with Crippen molar-refractivity contribution < 1.29 is 4.79 Å². The number of ketones is 1. The molecule has 10 heavy (non-hydrogen) atoms. The standard InChI is InChI=1S/C7H10OS2/c1-5(6(2)8)7-9-3-4-10-7/h3-4H2,1-2H3. The molecule has 0 bridgehead atoms. The molecule has 0 N–H and O–H groups in total. The minimum Gasteiger partial charge on any atom is -0.295 e. The summed E-state index contributed by atoms with van der Waals surface area (Å²) in [6.07, 6.45) is 0. The summed E-state index contributed by atoms with van der Waals surface area (Å²) in [7, 11) is 0. The number of Topliss-reactive ketones (excluding diaryl/α,β-unsaturated/α-hetero) is 1. The minimum absolute atomic E-state index is 0.205. The van der Waals surface area contributed by atoms with Gasteiger partial charge in [0.1, 0.15) is 0 Å². The Kier molecular flexibility index (Phi) is 2.86. The van der Waals surface area contributed by atoms with Gasteiger partial charge in [0.2, 0.25) is 0 Å². The zero-order valence-electron chi connectivity index (χ0n) is 6.14. The maximum Gasteiger partial charge on any atom is 0.157 e. The third-order valence-corrected chi connectivity index (χ3v) is 4.30. The molecule has 0 aliphatic carbocycles. The first-order chi connectivity index (χ1) is 4.72. The van der Waals surface area contributed by atoms with E-state index in [2.05, 4.69) is 0 Å². The summed E-state index contributed by atoms with van der Waals surface area (Å²) in [5.41, 5.74) is 0.938. The van der Waals surface area contributed by atoms with Crippen LogP contribution < -0.4 is 0 Å². The van der Waals surface area contributed by atoms with Crippen molar-refractivity contribution in [3.63, 3.8) is 0 Å². The van der Waals surface area contributed by atoms with Gasteiger partial charge >= 0.3 is 0 Å². The molecule has 1 nitrogen and oxygen atoms in total. The van der Waals surface area contributed by atoms with Gasteiger partial charge in [-0.05, 0) is 13.8 Å². The molecular formula is C7H10OS2. The molecule has 0 aromatic heterocycles. The van der Waals surface area contributed by atoms with Crippen LogP contribution in [0.25, 0.3) is 0 Å². The largest absolute Gasteiger partial charge is 0.295 e. The Morgan fingerprint density at radius 3 is 2.20 bits per heavy atom. The lowest BCUT2D eigenvalue weighted by atomic mass is 10.2. The van der Waals surface area contributed by atoms with Gasteiger partial charge in [0.05, 0.1) is 0 Å². The van der Waals surface area contributed by atoms with E-state index in [0.29, 0.717) is 0 Å². The number of hydrogen-bond acceptors (Lipinski definition) is 3. The van der Waals surface area contributed by atoms with E-state index in [-0.39, 0.29) is 5.78 Å². The molecule has 1 aliphatic rings. The van der Waals surface area contributed by atoms with Crippen LogP contribution in [0.2, 0.25) is 0 Å². The molecule has 3 heteroatoms. The lowest BCUT2D eigenvalue weighted by Gasteiger charge is -1.97. The van der Waals surface area contributed by atoms with Gasteiger partial charge < -0.3 is 0 Å². The van der Waals surface area contributed by atoms with Crippen LogP contribution in [0.1, 0.15) is 13.8 Å². The van der Waals surface area contributed by atoms with E-state index in [4.69, 9.17) is 0 Å². The summed E-state index contributed by atoms with van der Waals surface area (Å²) < 4.78 is 1.23. The van der Waals surface area contributed by atoms with Crippen LogP contribution in [0.15, 0.2) is 9.81 Å². The van der Waals surface area contributed by atoms with Gasteiger partial charge in [0, 0.05) is 21.3 Å². The molecule has 1 heterocycles. The third kappa shape index (κ3) is 1.80. The quantitative estimate of drug-likeness (QED) is 0.568. The van der Waals surface area contributed by atoms with Crippen LogP contribution in [-0.4, -0.2) is 17.3 Å². The van der Waals surface area contributed by atoms with Gasteiger partial charge in [0.15, 0.2) is 5.78 Å². The van der Waals surface area contributed by atoms with Crippen LogP contribution in [-0.2, 0) is 4.79 Å². The van der Waals surface area contributed by atoms with Crippen LogP contribution in [0.4, 0.5) is 0 Å². The van der Waals surface area contributed by atoms with Crippen molar-refractivity contribution in [2.45, 2.75) is 13.8 Å². The fraction of sp³-hybridized carbons (Fsp3) is 0.571. The molecule has 0 atom stereocenters. The molecule has 1 saturated heterocycles. The Morgan fingerprint density at radius 2 is 1.80 bits per heavy atom. The molecule has 0 aromatic carbocycles. The normalized spacial score (nSPS) is 17.6. The highest BCUT2D eigenvalue weighted by molar-refractivity contribution is 8.25. The van der Waals surface area contributed by atoms with E-state index in [1.165, 1.54) is 4.24 Å². The number of thioether (sulfide) groups is 2. The summed E-state index contributed by atoms with van der Waals surface area (Å²) in [6.45, 7) is 3.53. The second kappa shape index (κ2) is 3.49. The first-order valence-corrected chi connectivity index (χ1v) is 5.16. The second-order valence-corrected chi connectivity index (χ2v) is 4.63. The number of rotatable bonds is 1. The average Bonchev–Trinajstić information content (AvgIpc) is 2.36. The van der Waals surface area contributed by atoms with Crippen molar-refractivity contribution in [3.8, 4) is 0 Å². The highest BCUT2D eigenvalue weighted by Gasteiger charge is 2.12. The van der Waals surface area contributed by atoms with Crippen LogP contribution in [0, 0.1) is 0 Å². The van der Waals surface area contributed by atoms with Gasteiger partial charge in [-0.3, -0.25) is 4.79 Å². The van der Waals surface area contributed by atoms with Gasteiger partial charge in [-0.1, -0.05) is 0 Å². The predicted molar refractivity (Wildman–Crippen MR) is 48.3 cm³/mol. The number of allylic oxidation sites excluding steroid dienone is 1. The van der Waals surface area contributed by atoms with Gasteiger partial charge in [-0.15, -0.1) is 23.5 Å². The fourth-order valence-corrected chi connectivity index (χ4v) is 3.26. The summed E-state index contributed by atoms with van der Waals surface area (Å²) in [5.74, 6) is 2.52. The molecule has 0 spiro atoms. The number of carbonyl (C=O) groups excluding carboxylic acids is 1. The minimum atomic E-state index is 0.205. The molecule has 1 fully saturated rings. The zero-order chi connectivity index (χ0) is 7.56. The molecule has 0 amide bonds. The van der Waals surface area contributed by atoms with Crippen LogP contribution in [0.3, 0.4) is 0 Å². The maximum absolute atomic E-state index is 10.8. The molecule has 56 valence electrons. The Balaban J connectivity index is 2.73. The summed E-state index contributed by atoms with van der Waals surface area (Å²) in [6, 6.07) is 0. The topological polar surface area (TPSA) is 17.1 Å². The van der Waals surface area contributed by atoms with E-state index in [1.807, 2.05) is 6.92 Å². The van der Waals surface area contributed by atoms with Crippen molar-refractivity contribution in [3.05, 3.63) is 9.81 Å². The van der Waals surface area contributed by atoms with Gasteiger partial charge in [0.25, 0.3) is 0 Å². The lowest BCUT2D eigenvalue weighted by molar-refractivity contribution is -0.113. The van der Waals surface area contributed by atoms with E-state index in [1.54, 1.807) is 30.4 Å². The Morgan fingerprint density at radius 1 is 1.30 bits per heavy atom. The van der Waals surface area contributed by atoms with Crippen molar-refractivity contribution >= 4 is 29.3 Å². The summed E-state index contributed by atoms with van der Waals surface area (Å²) >= 11 is 3.60. The molecular weight excluding hydrogens is 164 g/mol. The van der Waals surface area contributed by atoms with Crippen LogP contribution in [0.5, 0.6) is 0 Å². The third-order valence-electron chi connectivity index (χ3n) is 1.38. The maximum atomic E-state index is 10.8. The molecule has 0 unspecified atom stereocenters. The first-order valence-electron chi connectivity index (χ1n) is 3.19. The number of hydrogen-bond donors (Lipinski definition) is 0. The predicted octanol–water partition coefficient (Wildman–Crippen LogP) is 2.29. The molecule has 1 aliphatic heterocycles. The zero-order valence-corrected chi connectivity index (χ0v) is 7.77. The van der Waals surface area contributed by atoms with Gasteiger partial charge in [-0.25, -0.2) is 0 Å². The highest BCUT2D eigenvalue weighted by Crippen LogP contribution is 2.38. The van der Waals surface area contributed by atoms with E-state index < -0.39 is 0 Å². The van der Waals surface area contributed by atoms with E-state index in [9.17, 15) is 4.79 Å². The first kappa shape index (κ1) is 8.21. The van der Waals surface area contributed by atoms with Crippen molar-refractivity contribution in [2.75, 3.05) is 11.5 Å². The number of carbonyl (C=O) groups is 1. The Bertz CT molecular complexity index is 176. The molecule has 0 radical (unpaired) electrons. The highest BCUT2D eigenvalue weighted by atomic mass is 32.2. The molecule has 0 saturated carbocycles. The Hall–Kier alpha value is 0.110. The summed E-state index contributed by atoms with van der Waals surface area (Å²) in [4.78, 5) is 10.8. The molecule has 0 aromatic rings. The van der Waals surface area contributed by atoms with Crippen molar-refractivity contribution in [2.24, 2.45) is 0 Å². The fourth-order valence-electron chi connectivity index (χ4n) is 0.671. The Labute approximate surface area is 69.6 Å². The second-order valence-electron chi connectivity index (χ2n) is 2.17. The average molecular weight is 174 g/mol. The van der Waals surface area contributed by atoms with Crippen molar-refractivity contribution in [1.29, 1.82) is 0 Å².